The molecule has 3 aliphatic rings. The van der Waals surface area contributed by atoms with Gasteiger partial charge in [0.15, 0.2) is 5.78 Å². The molecule has 0 spiro atoms. The number of cyclic esters (lactones) is 1. The number of carbonyl (C=O) groups excluding carboxylic acids is 5. The molecular weight excluding hydrogens is 1000 g/mol. The minimum atomic E-state index is -1.16. The van der Waals surface area contributed by atoms with Crippen molar-refractivity contribution in [2.75, 3.05) is 47.9 Å². The number of allylic oxidation sites excluding steroid dienone is 1. The summed E-state index contributed by atoms with van der Waals surface area (Å²) >= 11 is 0. The largest absolute Gasteiger partial charge is 0.508 e. The summed E-state index contributed by atoms with van der Waals surface area (Å²) < 4.78 is 14.0. The van der Waals surface area contributed by atoms with Crippen LogP contribution in [0.1, 0.15) is 83.5 Å². The van der Waals surface area contributed by atoms with Gasteiger partial charge in [-0.15, -0.1) is 0 Å². The van der Waals surface area contributed by atoms with Gasteiger partial charge in [-0.2, -0.15) is 54.0 Å². The van der Waals surface area contributed by atoms with E-state index in [1.54, 1.807) is 38.6 Å². The van der Waals surface area contributed by atoms with Crippen molar-refractivity contribution in [3.63, 3.8) is 0 Å². The number of ether oxygens (including phenoxy) is 2. The highest BCUT2D eigenvalue weighted by Crippen LogP contribution is 2.41. The zero-order valence-corrected chi connectivity index (χ0v) is 47.8. The number of esters is 1. The Kier molecular flexibility index (Phi) is 23.5. The molecule has 7 rings (SSSR count). The highest BCUT2D eigenvalue weighted by Gasteiger charge is 2.41. The summed E-state index contributed by atoms with van der Waals surface area (Å²) in [4.78, 5) is 78.6. The maximum Gasteiger partial charge on any atom is 0.324 e. The average molecular weight is 1080 g/mol. The smallest absolute Gasteiger partial charge is 0.324 e. The monoisotopic (exact) mass is 1080 g/mol. The van der Waals surface area contributed by atoms with Crippen LogP contribution in [-0.2, 0) is 59.4 Å². The molecule has 6 bridgehead atoms. The quantitative estimate of drug-likeness (QED) is 0.0936. The third-order valence-electron chi connectivity index (χ3n) is 13.9. The zero-order valence-electron chi connectivity index (χ0n) is 43.8. The summed E-state index contributed by atoms with van der Waals surface area (Å²) in [6, 6.07) is 12.6. The Morgan fingerprint density at radius 3 is 2.41 bits per heavy atom. The number of benzene rings is 2. The van der Waals surface area contributed by atoms with Gasteiger partial charge in [0.05, 0.1) is 24.6 Å². The molecule has 1 aliphatic carbocycles. The van der Waals surface area contributed by atoms with Crippen molar-refractivity contribution >= 4 is 94.4 Å². The second-order valence-electron chi connectivity index (χ2n) is 20.6. The van der Waals surface area contributed by atoms with Gasteiger partial charge in [-0.1, -0.05) is 45.9 Å². The second kappa shape index (κ2) is 27.3. The topological polar surface area (TPSA) is 176 Å². The van der Waals surface area contributed by atoms with Gasteiger partial charge >= 0.3 is 5.97 Å². The number of ketones is 1. The highest BCUT2D eigenvalue weighted by molar-refractivity contribution is 7.59. The molecule has 4 aromatic rings. The molecule has 3 amide bonds. The first-order chi connectivity index (χ1) is 32.9. The number of carbonyl (C=O) groups is 5. The number of nitrogens with one attached hydrogen (secondary N) is 2. The van der Waals surface area contributed by atoms with Crippen molar-refractivity contribution in [3.8, 4) is 28.1 Å². The molecule has 1 unspecified atom stereocenters. The molecule has 4 heterocycles. The number of hydrazine groups is 1. The van der Waals surface area contributed by atoms with E-state index in [1.807, 2.05) is 57.1 Å². The van der Waals surface area contributed by atoms with E-state index in [9.17, 15) is 29.1 Å². The maximum absolute atomic E-state index is 14.8. The zero-order chi connectivity index (χ0) is 49.7. The number of hydrogen-bond acceptors (Lipinski definition) is 11. The fourth-order valence-electron chi connectivity index (χ4n) is 10.5. The molecule has 1 saturated carbocycles. The number of aromatic nitrogens is 2. The van der Waals surface area contributed by atoms with E-state index in [1.165, 1.54) is 9.91 Å². The van der Waals surface area contributed by atoms with Crippen molar-refractivity contribution in [3.05, 3.63) is 83.7 Å². The van der Waals surface area contributed by atoms with Gasteiger partial charge in [0, 0.05) is 80.1 Å². The summed E-state index contributed by atoms with van der Waals surface area (Å²) in [6.07, 6.45) is 8.24. The molecule has 1 saturated heterocycles. The summed E-state index contributed by atoms with van der Waals surface area (Å²) in [5, 5.41) is 16.8. The number of rotatable bonds is 13. The number of aryl methyl sites for hydroxylation is 1. The summed E-state index contributed by atoms with van der Waals surface area (Å²) in [7, 11) is 7.13. The van der Waals surface area contributed by atoms with Crippen LogP contribution < -0.4 is 10.7 Å². The number of amides is 3. The van der Waals surface area contributed by atoms with Gasteiger partial charge < -0.3 is 34.3 Å². The molecule has 2 aliphatic heterocycles. The predicted octanol–water partition coefficient (Wildman–Crippen LogP) is 6.93. The van der Waals surface area contributed by atoms with E-state index in [2.05, 4.69) is 54.3 Å². The average Bonchev–Trinajstić information content (AvgIpc) is 3.93. The van der Waals surface area contributed by atoms with Gasteiger partial charge in [-0.25, -0.2) is 5.43 Å². The minimum absolute atomic E-state index is 0. The standard InChI is InChI=1S/C54H71N7O8.4H2S/c1-10-60-46-20-19-35-29-41(46)42(49(60)40-14-11-21-55-45(40)31-68-9)30-54(4,5)32-69-53(67)43-15-12-23-61(57-43)52(66)44(26-34-24-38(35)28-39(62)25-34)56-50(64)48(33(2)3)59(8)51(65)37-18-17-36(27-37)47(63)16-13-22-58(6)7;;;;/h11,13-14,16,19-21,24-25,28-29,33,36-37,43-44,48,57,62H,10,12,15,17-18,22-23,26-27,30-32H2,1-9H3,(H,56,64);4*1H2/b16-13-;;;;/t36?,37-,43-,44-,48-;;;;/m0..../s1. The van der Waals surface area contributed by atoms with Crippen LogP contribution in [0.2, 0.25) is 0 Å². The molecule has 0 radical (unpaired) electrons. The Balaban J connectivity index is 0.00000352. The molecule has 15 nitrogen and oxygen atoms in total. The van der Waals surface area contributed by atoms with E-state index in [-0.39, 0.29) is 103 Å². The van der Waals surface area contributed by atoms with Crippen LogP contribution >= 0.6 is 54.0 Å². The number of hydrogen-bond donors (Lipinski definition) is 3. The van der Waals surface area contributed by atoms with E-state index in [4.69, 9.17) is 14.5 Å². The van der Waals surface area contributed by atoms with Crippen LogP contribution in [0, 0.1) is 23.2 Å². The molecule has 2 aromatic heterocycles. The predicted molar refractivity (Wildman–Crippen MR) is 307 cm³/mol. The number of phenols is 1. The number of phenolic OH excluding ortho intramolecular Hbond substituents is 1. The van der Waals surface area contributed by atoms with E-state index in [0.717, 1.165) is 44.5 Å². The van der Waals surface area contributed by atoms with Crippen molar-refractivity contribution in [2.24, 2.45) is 23.2 Å². The van der Waals surface area contributed by atoms with Gasteiger partial charge in [0.25, 0.3) is 5.91 Å². The lowest BCUT2D eigenvalue weighted by Gasteiger charge is -2.37. The second-order valence-corrected chi connectivity index (χ2v) is 20.6. The number of likely N-dealkylation sites (N-methyl/N-ethyl adjacent to an activating group) is 2. The molecule has 2 fully saturated rings. The first-order valence-electron chi connectivity index (χ1n) is 24.5. The number of methoxy groups -OCH3 is 1. The summed E-state index contributed by atoms with van der Waals surface area (Å²) in [6.45, 7) is 12.0. The normalized spacial score (nSPS) is 20.2. The van der Waals surface area contributed by atoms with Gasteiger partial charge in [-0.05, 0) is 130 Å². The van der Waals surface area contributed by atoms with Crippen molar-refractivity contribution < 1.29 is 38.6 Å². The van der Waals surface area contributed by atoms with E-state index < -0.39 is 47.2 Å². The number of nitrogens with zero attached hydrogens (tertiary/aromatic N) is 5. The minimum Gasteiger partial charge on any atom is -0.508 e. The molecule has 73 heavy (non-hydrogen) atoms. The summed E-state index contributed by atoms with van der Waals surface area (Å²) in [5.74, 6) is -2.69. The van der Waals surface area contributed by atoms with Crippen LogP contribution in [-0.4, -0.2) is 125 Å². The maximum atomic E-state index is 14.8. The Labute approximate surface area is 459 Å². The Morgan fingerprint density at radius 1 is 1.00 bits per heavy atom. The Bertz CT molecular complexity index is 2600. The third-order valence-corrected chi connectivity index (χ3v) is 13.9. The number of pyridine rings is 1. The third kappa shape index (κ3) is 14.7. The van der Waals surface area contributed by atoms with Crippen molar-refractivity contribution in [1.82, 2.24) is 35.1 Å². The molecule has 402 valence electrons. The van der Waals surface area contributed by atoms with Crippen molar-refractivity contribution in [1.29, 1.82) is 0 Å². The molecular formula is C54H79N7O8S4. The van der Waals surface area contributed by atoms with Crippen LogP contribution in [0.15, 0.2) is 66.9 Å². The lowest BCUT2D eigenvalue weighted by Crippen LogP contribution is -2.62. The lowest BCUT2D eigenvalue weighted by molar-refractivity contribution is -0.155. The van der Waals surface area contributed by atoms with Gasteiger partial charge in [-0.3, -0.25) is 34.0 Å². The molecule has 2 aromatic carbocycles. The van der Waals surface area contributed by atoms with Crippen LogP contribution in [0.25, 0.3) is 33.3 Å². The fraction of sp³-hybridized carbons (Fsp3) is 0.519. The number of fused-ring (bicyclic) bond motifs is 6. The number of aromatic hydroxyl groups is 1. The summed E-state index contributed by atoms with van der Waals surface area (Å²) in [5.41, 5.74) is 9.59. The lowest BCUT2D eigenvalue weighted by atomic mass is 9.84. The van der Waals surface area contributed by atoms with Crippen LogP contribution in [0.5, 0.6) is 5.75 Å². The van der Waals surface area contributed by atoms with Gasteiger partial charge in [0.2, 0.25) is 11.8 Å². The molecule has 19 heteroatoms. The van der Waals surface area contributed by atoms with Gasteiger partial charge in [0.1, 0.15) is 23.9 Å². The Hall–Kier alpha value is -4.50. The van der Waals surface area contributed by atoms with E-state index >= 15 is 0 Å². The molecule has 5 atom stereocenters. The SMILES string of the molecule is CCn1c(-c2cccnc2COC)c2c3cc(ccc31)-c1cc(O)cc(c1)C[C@H](NC(=O)[C@H](C(C)C)N(C)C(=O)[C@H]1CCC(C(=O)/C=C\CN(C)C)C1)C(=O)N1CCC[C@H](N1)C(=O)OCC(C)(C)C2.S.S.S.S. The first kappa shape index (κ1) is 62.8. The molecule has 3 N–H and O–H groups in total. The Morgan fingerprint density at radius 2 is 1.73 bits per heavy atom. The fourth-order valence-corrected chi connectivity index (χ4v) is 10.5. The van der Waals surface area contributed by atoms with Crippen LogP contribution in [0.3, 0.4) is 0 Å². The first-order valence-corrected chi connectivity index (χ1v) is 24.5. The van der Waals surface area contributed by atoms with E-state index in [0.29, 0.717) is 63.8 Å². The van der Waals surface area contributed by atoms with Crippen molar-refractivity contribution in [2.45, 2.75) is 111 Å². The van der Waals surface area contributed by atoms with Crippen LogP contribution in [0.4, 0.5) is 0 Å². The highest BCUT2D eigenvalue weighted by atomic mass is 32.1.